The second-order valence-electron chi connectivity index (χ2n) is 6.10. The Labute approximate surface area is 122 Å². The first kappa shape index (κ1) is 15.0. The highest BCUT2D eigenvalue weighted by Gasteiger charge is 2.21. The van der Waals surface area contributed by atoms with Crippen LogP contribution in [0.25, 0.3) is 0 Å². The summed E-state index contributed by atoms with van der Waals surface area (Å²) in [7, 11) is 2.29. The number of hydrogen-bond acceptors (Lipinski definition) is 3. The number of aryl methyl sites for hydroxylation is 1. The molecule has 1 aliphatic carbocycles. The molecule has 3 heteroatoms. The van der Waals surface area contributed by atoms with Crippen LogP contribution in [-0.4, -0.2) is 31.1 Å². The van der Waals surface area contributed by atoms with E-state index in [1.165, 1.54) is 42.7 Å². The van der Waals surface area contributed by atoms with Crippen molar-refractivity contribution >= 4 is 11.3 Å². The van der Waals surface area contributed by atoms with E-state index in [1.54, 1.807) is 0 Å². The Kier molecular flexibility index (Phi) is 5.86. The highest BCUT2D eigenvalue weighted by molar-refractivity contribution is 7.10. The quantitative estimate of drug-likeness (QED) is 0.800. The van der Waals surface area contributed by atoms with E-state index in [9.17, 15) is 0 Å². The Hall–Kier alpha value is -0.380. The average Bonchev–Trinajstić information content (AvgIpc) is 2.81. The first-order valence-electron chi connectivity index (χ1n) is 7.60. The SMILES string of the molecule is Cc1ccsc1CNCCN(C)C1CCC(C)CC1. The molecule has 1 heterocycles. The summed E-state index contributed by atoms with van der Waals surface area (Å²) < 4.78 is 0. The van der Waals surface area contributed by atoms with Crippen molar-refractivity contribution in [3.63, 3.8) is 0 Å². The van der Waals surface area contributed by atoms with Crippen LogP contribution in [0.1, 0.15) is 43.0 Å². The van der Waals surface area contributed by atoms with Gasteiger partial charge in [-0.1, -0.05) is 6.92 Å². The van der Waals surface area contributed by atoms with Crippen molar-refractivity contribution in [2.45, 2.75) is 52.1 Å². The fraction of sp³-hybridized carbons (Fsp3) is 0.750. The number of thiophene rings is 1. The van der Waals surface area contributed by atoms with Gasteiger partial charge in [0.2, 0.25) is 0 Å². The molecular weight excluding hydrogens is 252 g/mol. The van der Waals surface area contributed by atoms with Crippen LogP contribution in [0.4, 0.5) is 0 Å². The van der Waals surface area contributed by atoms with Crippen molar-refractivity contribution in [1.82, 2.24) is 10.2 Å². The lowest BCUT2D eigenvalue weighted by Crippen LogP contribution is -2.38. The molecule has 0 radical (unpaired) electrons. The summed E-state index contributed by atoms with van der Waals surface area (Å²) >= 11 is 1.86. The molecule has 2 nitrogen and oxygen atoms in total. The van der Waals surface area contributed by atoms with Crippen LogP contribution in [0.3, 0.4) is 0 Å². The Bertz CT molecular complexity index is 367. The van der Waals surface area contributed by atoms with Gasteiger partial charge in [0, 0.05) is 30.6 Å². The summed E-state index contributed by atoms with van der Waals surface area (Å²) in [4.78, 5) is 4.04. The molecule has 0 unspecified atom stereocenters. The van der Waals surface area contributed by atoms with Gasteiger partial charge in [-0.05, 0) is 62.6 Å². The zero-order chi connectivity index (χ0) is 13.7. The fourth-order valence-electron chi connectivity index (χ4n) is 2.91. The largest absolute Gasteiger partial charge is 0.311 e. The maximum atomic E-state index is 3.58. The third-order valence-electron chi connectivity index (χ3n) is 4.50. The minimum absolute atomic E-state index is 0.821. The van der Waals surface area contributed by atoms with Crippen molar-refractivity contribution < 1.29 is 0 Å². The van der Waals surface area contributed by atoms with Gasteiger partial charge in [0.1, 0.15) is 0 Å². The van der Waals surface area contributed by atoms with Gasteiger partial charge in [-0.3, -0.25) is 0 Å². The Morgan fingerprint density at radius 1 is 1.32 bits per heavy atom. The van der Waals surface area contributed by atoms with Crippen molar-refractivity contribution in [3.8, 4) is 0 Å². The summed E-state index contributed by atoms with van der Waals surface area (Å²) in [5.41, 5.74) is 1.42. The Morgan fingerprint density at radius 2 is 2.05 bits per heavy atom. The molecule has 1 aromatic rings. The highest BCUT2D eigenvalue weighted by atomic mass is 32.1. The number of hydrogen-bond donors (Lipinski definition) is 1. The van der Waals surface area contributed by atoms with E-state index >= 15 is 0 Å². The minimum Gasteiger partial charge on any atom is -0.311 e. The second-order valence-corrected chi connectivity index (χ2v) is 7.10. The van der Waals surface area contributed by atoms with Crippen LogP contribution >= 0.6 is 11.3 Å². The maximum absolute atomic E-state index is 3.58. The average molecular weight is 280 g/mol. The van der Waals surface area contributed by atoms with E-state index in [0.29, 0.717) is 0 Å². The molecule has 0 aliphatic heterocycles. The summed E-state index contributed by atoms with van der Waals surface area (Å²) in [5, 5.41) is 5.76. The lowest BCUT2D eigenvalue weighted by molar-refractivity contribution is 0.171. The fourth-order valence-corrected chi connectivity index (χ4v) is 3.78. The van der Waals surface area contributed by atoms with Gasteiger partial charge in [0.25, 0.3) is 0 Å². The molecular formula is C16H28N2S. The summed E-state index contributed by atoms with van der Waals surface area (Å²) in [6, 6.07) is 3.03. The molecule has 0 amide bonds. The van der Waals surface area contributed by atoms with Gasteiger partial charge in [-0.25, -0.2) is 0 Å². The molecule has 2 rings (SSSR count). The van der Waals surface area contributed by atoms with Crippen molar-refractivity contribution in [2.24, 2.45) is 5.92 Å². The number of nitrogens with one attached hydrogen (secondary N) is 1. The third kappa shape index (κ3) is 4.59. The molecule has 1 N–H and O–H groups in total. The van der Waals surface area contributed by atoms with Gasteiger partial charge in [-0.2, -0.15) is 0 Å². The van der Waals surface area contributed by atoms with Crippen LogP contribution in [0, 0.1) is 12.8 Å². The van der Waals surface area contributed by atoms with Crippen LogP contribution in [-0.2, 0) is 6.54 Å². The number of likely N-dealkylation sites (N-methyl/N-ethyl adjacent to an activating group) is 1. The molecule has 0 spiro atoms. The van der Waals surface area contributed by atoms with Crippen LogP contribution < -0.4 is 5.32 Å². The predicted octanol–water partition coefficient (Wildman–Crippen LogP) is 3.66. The summed E-state index contributed by atoms with van der Waals surface area (Å²) in [5.74, 6) is 0.949. The second kappa shape index (κ2) is 7.41. The smallest absolute Gasteiger partial charge is 0.0302 e. The topological polar surface area (TPSA) is 15.3 Å². The third-order valence-corrected chi connectivity index (χ3v) is 5.53. The van der Waals surface area contributed by atoms with E-state index in [1.807, 2.05) is 11.3 Å². The van der Waals surface area contributed by atoms with Crippen molar-refractivity contribution in [3.05, 3.63) is 21.9 Å². The van der Waals surface area contributed by atoms with Crippen LogP contribution in [0.5, 0.6) is 0 Å². The summed E-state index contributed by atoms with van der Waals surface area (Å²) in [6.45, 7) is 7.88. The first-order valence-corrected chi connectivity index (χ1v) is 8.48. The standard InChI is InChI=1S/C16H28N2S/c1-13-4-6-15(7-5-13)18(3)10-9-17-12-16-14(2)8-11-19-16/h8,11,13,15,17H,4-7,9-10,12H2,1-3H3. The lowest BCUT2D eigenvalue weighted by Gasteiger charge is -2.33. The molecule has 0 atom stereocenters. The molecule has 0 saturated heterocycles. The zero-order valence-corrected chi connectivity index (χ0v) is 13.4. The Morgan fingerprint density at radius 3 is 2.68 bits per heavy atom. The first-order chi connectivity index (χ1) is 9.16. The molecule has 19 heavy (non-hydrogen) atoms. The monoisotopic (exact) mass is 280 g/mol. The minimum atomic E-state index is 0.821. The molecule has 1 aliphatic rings. The van der Waals surface area contributed by atoms with E-state index < -0.39 is 0 Å². The highest BCUT2D eigenvalue weighted by Crippen LogP contribution is 2.26. The van der Waals surface area contributed by atoms with Crippen molar-refractivity contribution in [2.75, 3.05) is 20.1 Å². The molecule has 1 fully saturated rings. The van der Waals surface area contributed by atoms with Gasteiger partial charge in [-0.15, -0.1) is 11.3 Å². The van der Waals surface area contributed by atoms with Gasteiger partial charge < -0.3 is 10.2 Å². The predicted molar refractivity (Wildman–Crippen MR) is 84.8 cm³/mol. The van der Waals surface area contributed by atoms with Crippen molar-refractivity contribution in [1.29, 1.82) is 0 Å². The number of nitrogens with zero attached hydrogens (tertiary/aromatic N) is 1. The molecule has 108 valence electrons. The van der Waals surface area contributed by atoms with Gasteiger partial charge in [0.15, 0.2) is 0 Å². The summed E-state index contributed by atoms with van der Waals surface area (Å²) in [6.07, 6.45) is 5.61. The lowest BCUT2D eigenvalue weighted by atomic mass is 9.87. The number of rotatable bonds is 6. The Balaban J connectivity index is 1.61. The van der Waals surface area contributed by atoms with Gasteiger partial charge in [0.05, 0.1) is 0 Å². The van der Waals surface area contributed by atoms with Crippen LogP contribution in [0.15, 0.2) is 11.4 Å². The van der Waals surface area contributed by atoms with Gasteiger partial charge >= 0.3 is 0 Å². The molecule has 0 aromatic carbocycles. The van der Waals surface area contributed by atoms with Crippen LogP contribution in [0.2, 0.25) is 0 Å². The maximum Gasteiger partial charge on any atom is 0.0302 e. The molecule has 0 bridgehead atoms. The van der Waals surface area contributed by atoms with E-state index in [0.717, 1.165) is 25.0 Å². The zero-order valence-electron chi connectivity index (χ0n) is 12.6. The van der Waals surface area contributed by atoms with E-state index in [2.05, 4.69) is 42.6 Å². The van der Waals surface area contributed by atoms with E-state index in [-0.39, 0.29) is 0 Å². The molecule has 1 aromatic heterocycles. The molecule has 1 saturated carbocycles. The normalized spacial score (nSPS) is 24.0. The van der Waals surface area contributed by atoms with E-state index in [4.69, 9.17) is 0 Å².